The van der Waals surface area contributed by atoms with Crippen LogP contribution in [0.25, 0.3) is 0 Å². The maximum atomic E-state index is 13.1. The quantitative estimate of drug-likeness (QED) is 0.352. The molecule has 38 heavy (non-hydrogen) atoms. The Morgan fingerprint density at radius 1 is 1.24 bits per heavy atom. The van der Waals surface area contributed by atoms with Gasteiger partial charge in [0.15, 0.2) is 0 Å². The van der Waals surface area contributed by atoms with E-state index in [4.69, 9.17) is 14.6 Å². The van der Waals surface area contributed by atoms with Crippen LogP contribution in [0.3, 0.4) is 0 Å². The lowest BCUT2D eigenvalue weighted by atomic mass is 9.88. The van der Waals surface area contributed by atoms with Gasteiger partial charge in [-0.1, -0.05) is 6.07 Å². The average Bonchev–Trinajstić information content (AvgIpc) is 3.28. The van der Waals surface area contributed by atoms with Crippen LogP contribution in [0.5, 0.6) is 5.75 Å². The summed E-state index contributed by atoms with van der Waals surface area (Å²) < 4.78 is 63.8. The Morgan fingerprint density at radius 2 is 1.97 bits per heavy atom. The van der Waals surface area contributed by atoms with E-state index in [9.17, 15) is 26.7 Å². The van der Waals surface area contributed by atoms with Crippen LogP contribution >= 0.6 is 0 Å². The van der Waals surface area contributed by atoms with Crippen LogP contribution in [0.15, 0.2) is 57.3 Å². The standard InChI is InChI=1S/C24H34N4O8S2/c1-2-27-9-6-22(30)23(15-27)38(33,34)28-10-7-24(8-11-28)13-18(16-36-24)26-14-19(29)17-35-20-4-3-5-21(12-20)37(25,31)32/h3-6,9,12,15,18-19,26,29H,2,7-8,10-11,13-14,16-17H2,1H3,(H2,25,31,32)/t18?,19-/m0/s1. The SMILES string of the molecule is CCn1ccc(=O)c(S(=O)(=O)N2CCC3(CC2)CC(NC[C@H](O)COc2cccc(S(N)(=O)=O)c2)CO3)c1. The fraction of sp³-hybridized carbons (Fsp3) is 0.542. The molecule has 1 aromatic carbocycles. The number of hydrogen-bond donors (Lipinski definition) is 3. The van der Waals surface area contributed by atoms with Crippen molar-refractivity contribution in [2.45, 2.75) is 60.3 Å². The summed E-state index contributed by atoms with van der Waals surface area (Å²) in [6.45, 7) is 3.54. The third-order valence-electron chi connectivity index (χ3n) is 6.99. The van der Waals surface area contributed by atoms with Crippen LogP contribution < -0.4 is 20.6 Å². The second-order valence-corrected chi connectivity index (χ2v) is 13.2. The van der Waals surface area contributed by atoms with Crippen LogP contribution in [0, 0.1) is 0 Å². The lowest BCUT2D eigenvalue weighted by Crippen LogP contribution is -2.47. The second kappa shape index (κ2) is 11.4. The summed E-state index contributed by atoms with van der Waals surface area (Å²) in [4.78, 5) is 12.0. The van der Waals surface area contributed by atoms with Gasteiger partial charge in [0.25, 0.3) is 0 Å². The molecule has 2 aliphatic heterocycles. The first-order valence-electron chi connectivity index (χ1n) is 12.4. The topological polar surface area (TPSA) is 170 Å². The third-order valence-corrected chi connectivity index (χ3v) is 9.81. The van der Waals surface area contributed by atoms with Crippen LogP contribution in [0.4, 0.5) is 0 Å². The first-order chi connectivity index (χ1) is 17.9. The van der Waals surface area contributed by atoms with Crippen molar-refractivity contribution in [3.05, 3.63) is 52.9 Å². The first-order valence-corrected chi connectivity index (χ1v) is 15.4. The van der Waals surface area contributed by atoms with Gasteiger partial charge in [-0.25, -0.2) is 22.0 Å². The number of sulfonamides is 2. The zero-order valence-electron chi connectivity index (χ0n) is 21.2. The third kappa shape index (κ3) is 6.62. The number of aliphatic hydroxyl groups is 1. The Bertz CT molecular complexity index is 1400. The lowest BCUT2D eigenvalue weighted by Gasteiger charge is -2.38. The Morgan fingerprint density at radius 3 is 2.66 bits per heavy atom. The van der Waals surface area contributed by atoms with Crippen LogP contribution in [-0.2, 0) is 31.3 Å². The van der Waals surface area contributed by atoms with Gasteiger partial charge in [0.2, 0.25) is 25.5 Å². The molecule has 210 valence electrons. The number of benzene rings is 1. The number of nitrogens with one attached hydrogen (secondary N) is 1. The molecule has 1 spiro atoms. The van der Waals surface area contributed by atoms with E-state index < -0.39 is 37.2 Å². The number of aromatic nitrogens is 1. The highest BCUT2D eigenvalue weighted by Crippen LogP contribution is 2.37. The number of pyridine rings is 1. The van der Waals surface area contributed by atoms with Crippen LogP contribution in [0.2, 0.25) is 0 Å². The van der Waals surface area contributed by atoms with E-state index in [1.54, 1.807) is 16.8 Å². The molecule has 0 amide bonds. The van der Waals surface area contributed by atoms with E-state index in [0.717, 1.165) is 0 Å². The molecule has 1 unspecified atom stereocenters. The summed E-state index contributed by atoms with van der Waals surface area (Å²) in [5.74, 6) is 0.282. The van der Waals surface area contributed by atoms with Crippen LogP contribution in [0.1, 0.15) is 26.2 Å². The molecule has 2 aliphatic rings. The van der Waals surface area contributed by atoms with Crippen molar-refractivity contribution < 1.29 is 31.4 Å². The van der Waals surface area contributed by atoms with Gasteiger partial charge < -0.3 is 24.5 Å². The number of nitrogens with zero attached hydrogens (tertiary/aromatic N) is 2. The number of nitrogens with two attached hydrogens (primary N) is 1. The Hall–Kier alpha value is -2.33. The molecule has 12 nitrogen and oxygen atoms in total. The van der Waals surface area contributed by atoms with Gasteiger partial charge in [-0.3, -0.25) is 4.79 Å². The van der Waals surface area contributed by atoms with Gasteiger partial charge >= 0.3 is 0 Å². The molecule has 2 fully saturated rings. The van der Waals surface area contributed by atoms with Gasteiger partial charge in [0.1, 0.15) is 23.4 Å². The summed E-state index contributed by atoms with van der Waals surface area (Å²) in [5, 5.41) is 18.7. The number of piperidine rings is 1. The van der Waals surface area contributed by atoms with E-state index in [1.165, 1.54) is 34.8 Å². The maximum Gasteiger partial charge on any atom is 0.248 e. The number of aliphatic hydroxyl groups excluding tert-OH is 1. The molecule has 2 saturated heterocycles. The predicted octanol–water partition coefficient (Wildman–Crippen LogP) is -0.143. The van der Waals surface area contributed by atoms with Gasteiger partial charge in [-0.2, -0.15) is 4.31 Å². The Balaban J connectivity index is 1.25. The van der Waals surface area contributed by atoms with Crippen molar-refractivity contribution in [3.8, 4) is 5.75 Å². The van der Waals surface area contributed by atoms with Crippen molar-refractivity contribution in [2.75, 3.05) is 32.8 Å². The van der Waals surface area contributed by atoms with Crippen LogP contribution in [-0.4, -0.2) is 81.4 Å². The lowest BCUT2D eigenvalue weighted by molar-refractivity contribution is -0.0312. The zero-order chi connectivity index (χ0) is 27.6. The van der Waals surface area contributed by atoms with Crippen molar-refractivity contribution >= 4 is 20.0 Å². The second-order valence-electron chi connectivity index (χ2n) is 9.70. The summed E-state index contributed by atoms with van der Waals surface area (Å²) in [5.41, 5.74) is -0.976. The molecule has 1 aromatic heterocycles. The summed E-state index contributed by atoms with van der Waals surface area (Å²) >= 11 is 0. The molecule has 2 atom stereocenters. The smallest absolute Gasteiger partial charge is 0.248 e. The van der Waals surface area contributed by atoms with E-state index >= 15 is 0 Å². The van der Waals surface area contributed by atoms with Gasteiger partial charge in [-0.05, 0) is 38.3 Å². The molecular formula is C24H34N4O8S2. The van der Waals surface area contributed by atoms with Crippen molar-refractivity contribution in [3.63, 3.8) is 0 Å². The highest BCUT2D eigenvalue weighted by molar-refractivity contribution is 7.89. The number of hydrogen-bond acceptors (Lipinski definition) is 9. The normalized spacial score (nSPS) is 21.0. The molecule has 4 rings (SSSR count). The summed E-state index contributed by atoms with van der Waals surface area (Å²) in [6, 6.07) is 7.00. The molecule has 0 bridgehead atoms. The van der Waals surface area contributed by atoms with E-state index in [-0.39, 0.29) is 47.8 Å². The zero-order valence-corrected chi connectivity index (χ0v) is 22.8. The van der Waals surface area contributed by atoms with E-state index in [2.05, 4.69) is 5.32 Å². The molecule has 14 heteroatoms. The molecule has 0 aliphatic carbocycles. The largest absolute Gasteiger partial charge is 0.491 e. The average molecular weight is 571 g/mol. The number of primary sulfonamides is 1. The van der Waals surface area contributed by atoms with Gasteiger partial charge in [0.05, 0.1) is 17.1 Å². The molecule has 0 radical (unpaired) electrons. The number of ether oxygens (including phenoxy) is 2. The molecule has 2 aromatic rings. The summed E-state index contributed by atoms with van der Waals surface area (Å²) in [6.07, 6.45) is 3.78. The fourth-order valence-electron chi connectivity index (χ4n) is 4.79. The molecular weight excluding hydrogens is 536 g/mol. The Kier molecular flexibility index (Phi) is 8.62. The number of aryl methyl sites for hydroxylation is 1. The minimum absolute atomic E-state index is 0.0237. The highest BCUT2D eigenvalue weighted by Gasteiger charge is 2.45. The Labute approximate surface area is 222 Å². The highest BCUT2D eigenvalue weighted by atomic mass is 32.2. The van der Waals surface area contributed by atoms with Crippen molar-refractivity contribution in [2.24, 2.45) is 5.14 Å². The molecule has 0 saturated carbocycles. The van der Waals surface area contributed by atoms with Crippen molar-refractivity contribution in [1.82, 2.24) is 14.2 Å². The van der Waals surface area contributed by atoms with E-state index in [0.29, 0.717) is 32.4 Å². The van der Waals surface area contributed by atoms with Gasteiger partial charge in [0, 0.05) is 56.7 Å². The predicted molar refractivity (Wildman–Crippen MR) is 139 cm³/mol. The van der Waals surface area contributed by atoms with Crippen molar-refractivity contribution in [1.29, 1.82) is 0 Å². The molecule has 3 heterocycles. The fourth-order valence-corrected chi connectivity index (χ4v) is 6.87. The minimum Gasteiger partial charge on any atom is -0.491 e. The first kappa shape index (κ1) is 28.7. The van der Waals surface area contributed by atoms with Gasteiger partial charge in [-0.15, -0.1) is 0 Å². The van der Waals surface area contributed by atoms with E-state index in [1.807, 2.05) is 6.92 Å². The molecule has 4 N–H and O–H groups in total. The minimum atomic E-state index is -3.91. The number of rotatable bonds is 10. The maximum absolute atomic E-state index is 13.1. The monoisotopic (exact) mass is 570 g/mol. The summed E-state index contributed by atoms with van der Waals surface area (Å²) in [7, 11) is -7.75.